The lowest BCUT2D eigenvalue weighted by Crippen LogP contribution is -2.48. The first kappa shape index (κ1) is 7.56. The number of nitrogens with zero attached hydrogens (tertiary/aromatic N) is 1. The summed E-state index contributed by atoms with van der Waals surface area (Å²) < 4.78 is 5.21. The highest BCUT2D eigenvalue weighted by Gasteiger charge is 2.33. The van der Waals surface area contributed by atoms with Crippen LogP contribution in [0.1, 0.15) is 12.8 Å². The van der Waals surface area contributed by atoms with E-state index in [0.29, 0.717) is 0 Å². The molecule has 1 unspecified atom stereocenters. The van der Waals surface area contributed by atoms with Crippen molar-refractivity contribution >= 4 is 0 Å². The maximum Gasteiger partial charge on any atom is 0.0505 e. The third-order valence-electron chi connectivity index (χ3n) is 3.17. The first-order chi connectivity index (χ1) is 5.40. The zero-order chi connectivity index (χ0) is 7.68. The minimum absolute atomic E-state index is 0.836. The molecule has 0 radical (unpaired) electrons. The summed E-state index contributed by atoms with van der Waals surface area (Å²) in [5, 5.41) is 0. The number of methoxy groups -OCH3 is 1. The van der Waals surface area contributed by atoms with Crippen LogP contribution < -0.4 is 0 Å². The van der Waals surface area contributed by atoms with Gasteiger partial charge in [-0.05, 0) is 37.8 Å². The number of fused-ring (bicyclic) bond motifs is 3. The number of piperidine rings is 3. The minimum Gasteiger partial charge on any atom is -0.384 e. The summed E-state index contributed by atoms with van der Waals surface area (Å²) in [5.41, 5.74) is 0. The largest absolute Gasteiger partial charge is 0.384 e. The van der Waals surface area contributed by atoms with Crippen molar-refractivity contribution in [3.8, 4) is 0 Å². The summed E-state index contributed by atoms with van der Waals surface area (Å²) in [6, 6.07) is 0. The first-order valence-electron chi connectivity index (χ1n) is 4.61. The Balaban J connectivity index is 1.92. The van der Waals surface area contributed by atoms with Crippen LogP contribution in [0.5, 0.6) is 0 Å². The second-order valence-corrected chi connectivity index (χ2v) is 3.85. The van der Waals surface area contributed by atoms with Crippen LogP contribution in [0, 0.1) is 11.8 Å². The average Bonchev–Trinajstić information content (AvgIpc) is 2.07. The normalized spacial score (nSPS) is 42.8. The molecule has 0 saturated carbocycles. The van der Waals surface area contributed by atoms with Gasteiger partial charge < -0.3 is 9.64 Å². The van der Waals surface area contributed by atoms with E-state index >= 15 is 0 Å². The third kappa shape index (κ3) is 1.42. The SMILES string of the molecule is COCC1CN2CCC1CC2. The van der Waals surface area contributed by atoms with Crippen LogP contribution in [0.25, 0.3) is 0 Å². The van der Waals surface area contributed by atoms with Crippen molar-refractivity contribution in [2.45, 2.75) is 12.8 Å². The zero-order valence-corrected chi connectivity index (χ0v) is 7.25. The number of rotatable bonds is 2. The minimum atomic E-state index is 0.836. The van der Waals surface area contributed by atoms with Gasteiger partial charge in [-0.15, -0.1) is 0 Å². The number of ether oxygens (including phenoxy) is 1. The van der Waals surface area contributed by atoms with E-state index in [-0.39, 0.29) is 0 Å². The fourth-order valence-corrected chi connectivity index (χ4v) is 2.49. The molecule has 11 heavy (non-hydrogen) atoms. The molecule has 0 N–H and O–H groups in total. The molecule has 0 amide bonds. The number of hydrogen-bond donors (Lipinski definition) is 0. The standard InChI is InChI=1S/C9H17NO/c1-11-7-9-6-10-4-2-8(9)3-5-10/h8-9H,2-7H2,1H3. The molecular formula is C9H17NO. The predicted molar refractivity (Wildman–Crippen MR) is 44.5 cm³/mol. The van der Waals surface area contributed by atoms with Crippen LogP contribution in [0.3, 0.4) is 0 Å². The molecule has 3 aliphatic rings. The van der Waals surface area contributed by atoms with Gasteiger partial charge in [-0.2, -0.15) is 0 Å². The monoisotopic (exact) mass is 155 g/mol. The Kier molecular flexibility index (Phi) is 2.14. The molecule has 2 heteroatoms. The lowest BCUT2D eigenvalue weighted by Gasteiger charge is -2.44. The van der Waals surface area contributed by atoms with Crippen molar-refractivity contribution in [1.82, 2.24) is 4.90 Å². The number of hydrogen-bond acceptors (Lipinski definition) is 2. The van der Waals surface area contributed by atoms with Crippen molar-refractivity contribution in [3.63, 3.8) is 0 Å². The smallest absolute Gasteiger partial charge is 0.0505 e. The van der Waals surface area contributed by atoms with Crippen molar-refractivity contribution in [2.75, 3.05) is 33.4 Å². The maximum absolute atomic E-state index is 5.21. The van der Waals surface area contributed by atoms with Gasteiger partial charge in [0.05, 0.1) is 6.61 Å². The molecule has 0 aromatic heterocycles. The Hall–Kier alpha value is -0.0800. The Bertz CT molecular complexity index is 130. The Labute approximate surface area is 68.5 Å². The third-order valence-corrected chi connectivity index (χ3v) is 3.17. The molecule has 2 bridgehead atoms. The highest BCUT2D eigenvalue weighted by atomic mass is 16.5. The molecule has 3 heterocycles. The Morgan fingerprint density at radius 1 is 1.36 bits per heavy atom. The van der Waals surface area contributed by atoms with E-state index in [1.807, 2.05) is 7.11 Å². The molecule has 64 valence electrons. The molecular weight excluding hydrogens is 138 g/mol. The molecule has 1 atom stereocenters. The van der Waals surface area contributed by atoms with Gasteiger partial charge >= 0.3 is 0 Å². The highest BCUT2D eigenvalue weighted by Crippen LogP contribution is 2.31. The molecule has 3 saturated heterocycles. The van der Waals surface area contributed by atoms with E-state index in [9.17, 15) is 0 Å². The zero-order valence-electron chi connectivity index (χ0n) is 7.25. The lowest BCUT2D eigenvalue weighted by molar-refractivity contribution is 0.00670. The van der Waals surface area contributed by atoms with Gasteiger partial charge in [-0.3, -0.25) is 0 Å². The van der Waals surface area contributed by atoms with Gasteiger partial charge in [0.15, 0.2) is 0 Å². The van der Waals surface area contributed by atoms with Crippen molar-refractivity contribution in [2.24, 2.45) is 11.8 Å². The quantitative estimate of drug-likeness (QED) is 0.589. The first-order valence-corrected chi connectivity index (χ1v) is 4.61. The van der Waals surface area contributed by atoms with E-state index in [2.05, 4.69) is 4.90 Å². The summed E-state index contributed by atoms with van der Waals surface area (Å²) in [6.45, 7) is 4.94. The predicted octanol–water partition coefficient (Wildman–Crippen LogP) is 0.975. The van der Waals surface area contributed by atoms with E-state index in [4.69, 9.17) is 4.74 Å². The van der Waals surface area contributed by atoms with Gasteiger partial charge in [0.2, 0.25) is 0 Å². The topological polar surface area (TPSA) is 12.5 Å². The molecule has 3 aliphatic heterocycles. The molecule has 0 spiro atoms. The van der Waals surface area contributed by atoms with Gasteiger partial charge in [-0.25, -0.2) is 0 Å². The summed E-state index contributed by atoms with van der Waals surface area (Å²) in [5.74, 6) is 1.81. The highest BCUT2D eigenvalue weighted by molar-refractivity contribution is 4.86. The maximum atomic E-state index is 5.21. The van der Waals surface area contributed by atoms with E-state index in [0.717, 1.165) is 18.4 Å². The molecule has 3 rings (SSSR count). The molecule has 3 fully saturated rings. The van der Waals surface area contributed by atoms with E-state index in [1.54, 1.807) is 0 Å². The molecule has 2 nitrogen and oxygen atoms in total. The van der Waals surface area contributed by atoms with Crippen LogP contribution in [-0.4, -0.2) is 38.3 Å². The van der Waals surface area contributed by atoms with Crippen LogP contribution >= 0.6 is 0 Å². The molecule has 0 aromatic carbocycles. The summed E-state index contributed by atoms with van der Waals surface area (Å²) in [6.07, 6.45) is 2.82. The Morgan fingerprint density at radius 2 is 2.09 bits per heavy atom. The lowest BCUT2D eigenvalue weighted by atomic mass is 9.79. The van der Waals surface area contributed by atoms with Crippen LogP contribution in [0.4, 0.5) is 0 Å². The van der Waals surface area contributed by atoms with Crippen molar-refractivity contribution < 1.29 is 4.74 Å². The summed E-state index contributed by atoms with van der Waals surface area (Å²) in [4.78, 5) is 2.57. The van der Waals surface area contributed by atoms with Crippen LogP contribution in [0.15, 0.2) is 0 Å². The van der Waals surface area contributed by atoms with E-state index < -0.39 is 0 Å². The van der Waals surface area contributed by atoms with Gasteiger partial charge in [0, 0.05) is 13.7 Å². The van der Waals surface area contributed by atoms with E-state index in [1.165, 1.54) is 32.5 Å². The average molecular weight is 155 g/mol. The second kappa shape index (κ2) is 3.11. The van der Waals surface area contributed by atoms with Crippen LogP contribution in [-0.2, 0) is 4.74 Å². The fourth-order valence-electron chi connectivity index (χ4n) is 2.49. The molecule has 0 aromatic rings. The Morgan fingerprint density at radius 3 is 2.55 bits per heavy atom. The summed E-state index contributed by atoms with van der Waals surface area (Å²) >= 11 is 0. The van der Waals surface area contributed by atoms with Crippen molar-refractivity contribution in [1.29, 1.82) is 0 Å². The van der Waals surface area contributed by atoms with Crippen LogP contribution in [0.2, 0.25) is 0 Å². The molecule has 0 aliphatic carbocycles. The van der Waals surface area contributed by atoms with Crippen molar-refractivity contribution in [3.05, 3.63) is 0 Å². The fraction of sp³-hybridized carbons (Fsp3) is 1.00. The van der Waals surface area contributed by atoms with Gasteiger partial charge in [0.1, 0.15) is 0 Å². The van der Waals surface area contributed by atoms with Gasteiger partial charge in [-0.1, -0.05) is 0 Å². The van der Waals surface area contributed by atoms with Gasteiger partial charge in [0.25, 0.3) is 0 Å². The second-order valence-electron chi connectivity index (χ2n) is 3.85. The summed E-state index contributed by atoms with van der Waals surface area (Å²) in [7, 11) is 1.82.